The van der Waals surface area contributed by atoms with Crippen molar-refractivity contribution in [3.8, 4) is 0 Å². The van der Waals surface area contributed by atoms with Crippen LogP contribution in [0.1, 0.15) is 12.0 Å². The van der Waals surface area contributed by atoms with Crippen LogP contribution in [0, 0.1) is 5.82 Å². The molecule has 7 heteroatoms. The Bertz CT molecular complexity index is 795. The lowest BCUT2D eigenvalue weighted by molar-refractivity contribution is -0.118. The third-order valence-corrected chi connectivity index (χ3v) is 6.11. The van der Waals surface area contributed by atoms with Crippen LogP contribution in [0.5, 0.6) is 0 Å². The van der Waals surface area contributed by atoms with E-state index in [1.165, 1.54) is 6.07 Å². The molecular weight excluding hydrogens is 361 g/mol. The number of benzene rings is 2. The maximum atomic E-state index is 13.4. The molecule has 0 aliphatic rings. The second-order valence-corrected chi connectivity index (χ2v) is 8.70. The van der Waals surface area contributed by atoms with Crippen molar-refractivity contribution in [1.29, 1.82) is 0 Å². The van der Waals surface area contributed by atoms with Gasteiger partial charge in [0.1, 0.15) is 5.82 Å². The number of sulfone groups is 1. The van der Waals surface area contributed by atoms with Gasteiger partial charge in [0.15, 0.2) is 9.84 Å². The average molecular weight is 381 g/mol. The van der Waals surface area contributed by atoms with E-state index < -0.39 is 9.84 Å². The van der Waals surface area contributed by atoms with Gasteiger partial charge in [0.25, 0.3) is 0 Å². The Morgan fingerprint density at radius 3 is 2.44 bits per heavy atom. The van der Waals surface area contributed by atoms with Crippen molar-refractivity contribution < 1.29 is 17.6 Å². The van der Waals surface area contributed by atoms with E-state index in [9.17, 15) is 17.6 Å². The van der Waals surface area contributed by atoms with Crippen LogP contribution in [-0.2, 0) is 20.4 Å². The number of rotatable bonds is 9. The molecule has 0 atom stereocenters. The highest BCUT2D eigenvalue weighted by Gasteiger charge is 2.12. The minimum atomic E-state index is -3.20. The maximum Gasteiger partial charge on any atom is 0.230 e. The van der Waals surface area contributed by atoms with Crippen molar-refractivity contribution in [1.82, 2.24) is 5.32 Å². The molecule has 0 unspecified atom stereocenters. The van der Waals surface area contributed by atoms with Crippen LogP contribution in [0.15, 0.2) is 59.5 Å². The molecule has 1 amide bonds. The van der Waals surface area contributed by atoms with Gasteiger partial charge in [-0.2, -0.15) is 0 Å². The molecule has 0 radical (unpaired) electrons. The summed E-state index contributed by atoms with van der Waals surface area (Å²) in [6.07, 6.45) is 0.352. The normalized spacial score (nSPS) is 11.2. The first-order chi connectivity index (χ1) is 12.0. The number of carbonyl (C=O) groups excluding carboxylic acids is 1. The van der Waals surface area contributed by atoms with Gasteiger partial charge >= 0.3 is 0 Å². The summed E-state index contributed by atoms with van der Waals surface area (Å²) in [6, 6.07) is 15.3. The highest BCUT2D eigenvalue weighted by Crippen LogP contribution is 2.20. The molecule has 0 bridgehead atoms. The van der Waals surface area contributed by atoms with Gasteiger partial charge in [0.2, 0.25) is 5.91 Å². The Morgan fingerprint density at radius 2 is 1.72 bits per heavy atom. The van der Waals surface area contributed by atoms with Crippen LogP contribution in [0.4, 0.5) is 4.39 Å². The number of carbonyl (C=O) groups is 1. The third kappa shape index (κ3) is 7.27. The average Bonchev–Trinajstić information content (AvgIpc) is 2.58. The van der Waals surface area contributed by atoms with Crippen LogP contribution in [0.3, 0.4) is 0 Å². The lowest BCUT2D eigenvalue weighted by Gasteiger charge is -2.07. The van der Waals surface area contributed by atoms with E-state index in [1.807, 2.05) is 6.07 Å². The summed E-state index contributed by atoms with van der Waals surface area (Å²) in [5.74, 6) is -0.480. The molecule has 134 valence electrons. The van der Waals surface area contributed by atoms with Crippen molar-refractivity contribution in [2.45, 2.75) is 17.1 Å². The molecule has 2 rings (SSSR count). The van der Waals surface area contributed by atoms with E-state index in [1.54, 1.807) is 42.5 Å². The third-order valence-electron chi connectivity index (χ3n) is 3.38. The van der Waals surface area contributed by atoms with Gasteiger partial charge in [-0.25, -0.2) is 12.8 Å². The molecule has 0 heterocycles. The molecule has 0 aromatic heterocycles. The van der Waals surface area contributed by atoms with E-state index >= 15 is 0 Å². The number of nitrogens with one attached hydrogen (secondary N) is 1. The predicted octanol–water partition coefficient (Wildman–Crippen LogP) is 3.04. The minimum absolute atomic E-state index is 0.00488. The molecule has 1 N–H and O–H groups in total. The van der Waals surface area contributed by atoms with Gasteiger partial charge in [-0.15, -0.1) is 11.8 Å². The summed E-state index contributed by atoms with van der Waals surface area (Å²) >= 11 is 1.12. The van der Waals surface area contributed by atoms with E-state index in [-0.39, 0.29) is 35.5 Å². The molecule has 0 spiro atoms. The monoisotopic (exact) mass is 381 g/mol. The van der Waals surface area contributed by atoms with E-state index in [4.69, 9.17) is 0 Å². The smallest absolute Gasteiger partial charge is 0.230 e. The fourth-order valence-corrected chi connectivity index (χ4v) is 4.37. The summed E-state index contributed by atoms with van der Waals surface area (Å²) < 4.78 is 37.5. The lowest BCUT2D eigenvalue weighted by Crippen LogP contribution is -2.27. The summed E-state index contributed by atoms with van der Waals surface area (Å²) in [7, 11) is -3.20. The zero-order valence-electron chi connectivity index (χ0n) is 13.7. The second kappa shape index (κ2) is 9.58. The summed E-state index contributed by atoms with van der Waals surface area (Å²) in [6.45, 7) is 0.282. The first-order valence-electron chi connectivity index (χ1n) is 7.85. The van der Waals surface area contributed by atoms with Gasteiger partial charge in [-0.05, 0) is 24.1 Å². The minimum Gasteiger partial charge on any atom is -0.355 e. The largest absolute Gasteiger partial charge is 0.355 e. The van der Waals surface area contributed by atoms with Crippen molar-refractivity contribution in [3.05, 3.63) is 66.0 Å². The first kappa shape index (κ1) is 19.5. The molecule has 25 heavy (non-hydrogen) atoms. The van der Waals surface area contributed by atoms with Crippen LogP contribution < -0.4 is 5.32 Å². The van der Waals surface area contributed by atoms with E-state index in [0.29, 0.717) is 11.3 Å². The fraction of sp³-hybridized carbons (Fsp3) is 0.278. The first-order valence-corrected chi connectivity index (χ1v) is 10.7. The van der Waals surface area contributed by atoms with Crippen molar-refractivity contribution >= 4 is 27.5 Å². The quantitative estimate of drug-likeness (QED) is 0.536. The highest BCUT2D eigenvalue weighted by atomic mass is 32.2. The van der Waals surface area contributed by atoms with Crippen LogP contribution >= 0.6 is 11.8 Å². The molecule has 0 fully saturated rings. The molecule has 0 aliphatic carbocycles. The lowest BCUT2D eigenvalue weighted by atomic mass is 10.2. The number of hydrogen-bond acceptors (Lipinski definition) is 4. The molecule has 4 nitrogen and oxygen atoms in total. The SMILES string of the molecule is O=C(CSc1ccccc1F)NCCCS(=O)(=O)Cc1ccccc1. The fourth-order valence-electron chi connectivity index (χ4n) is 2.18. The van der Waals surface area contributed by atoms with Crippen molar-refractivity contribution in [3.63, 3.8) is 0 Å². The summed E-state index contributed by atoms with van der Waals surface area (Å²) in [5.41, 5.74) is 0.757. The number of halogens is 1. The van der Waals surface area contributed by atoms with Gasteiger partial charge in [0.05, 0.1) is 17.3 Å². The van der Waals surface area contributed by atoms with E-state index in [2.05, 4.69) is 5.32 Å². The Labute approximate surface area is 151 Å². The Morgan fingerprint density at radius 1 is 1.04 bits per heavy atom. The molecule has 2 aromatic carbocycles. The van der Waals surface area contributed by atoms with Gasteiger partial charge in [-0.3, -0.25) is 4.79 Å². The van der Waals surface area contributed by atoms with Gasteiger partial charge in [-0.1, -0.05) is 42.5 Å². The highest BCUT2D eigenvalue weighted by molar-refractivity contribution is 8.00. The Kier molecular flexibility index (Phi) is 7.46. The maximum absolute atomic E-state index is 13.4. The van der Waals surface area contributed by atoms with Gasteiger partial charge < -0.3 is 5.32 Å². The van der Waals surface area contributed by atoms with Crippen molar-refractivity contribution in [2.24, 2.45) is 0 Å². The van der Waals surface area contributed by atoms with E-state index in [0.717, 1.165) is 17.3 Å². The predicted molar refractivity (Wildman–Crippen MR) is 98.7 cm³/mol. The molecular formula is C18H20FNO3S2. The zero-order valence-corrected chi connectivity index (χ0v) is 15.3. The summed E-state index contributed by atoms with van der Waals surface area (Å²) in [4.78, 5) is 12.2. The second-order valence-electron chi connectivity index (χ2n) is 5.50. The van der Waals surface area contributed by atoms with Crippen molar-refractivity contribution in [2.75, 3.05) is 18.1 Å². The topological polar surface area (TPSA) is 63.2 Å². The molecule has 2 aromatic rings. The number of thioether (sulfide) groups is 1. The number of amides is 1. The standard InChI is InChI=1S/C18H20FNO3S2/c19-16-9-4-5-10-17(16)24-13-18(21)20-11-6-12-25(22,23)14-15-7-2-1-3-8-15/h1-5,7-10H,6,11-14H2,(H,20,21). The zero-order chi connectivity index (χ0) is 18.1. The van der Waals surface area contributed by atoms with Crippen LogP contribution in [0.2, 0.25) is 0 Å². The Balaban J connectivity index is 1.66. The van der Waals surface area contributed by atoms with Crippen LogP contribution in [-0.4, -0.2) is 32.4 Å². The Hall–Kier alpha value is -1.86. The molecule has 0 aliphatic heterocycles. The molecule has 0 saturated heterocycles. The molecule has 0 saturated carbocycles. The number of hydrogen-bond donors (Lipinski definition) is 1. The van der Waals surface area contributed by atoms with Crippen LogP contribution in [0.25, 0.3) is 0 Å². The van der Waals surface area contributed by atoms with Gasteiger partial charge in [0, 0.05) is 11.4 Å². The summed E-state index contributed by atoms with van der Waals surface area (Å²) in [5, 5.41) is 2.66.